The molecular formula is C24H22N2O3S. The molecule has 0 radical (unpaired) electrons. The third-order valence-corrected chi connectivity index (χ3v) is 6.59. The van der Waals surface area contributed by atoms with E-state index in [1.807, 2.05) is 36.4 Å². The summed E-state index contributed by atoms with van der Waals surface area (Å²) in [5.41, 5.74) is 4.19. The van der Waals surface area contributed by atoms with Crippen LogP contribution in [0, 0.1) is 0 Å². The predicted molar refractivity (Wildman–Crippen MR) is 118 cm³/mol. The van der Waals surface area contributed by atoms with E-state index in [4.69, 9.17) is 14.1 Å². The van der Waals surface area contributed by atoms with Crippen LogP contribution in [-0.2, 0) is 19.4 Å². The van der Waals surface area contributed by atoms with Crippen LogP contribution in [0.3, 0.4) is 0 Å². The number of anilines is 1. The SMILES string of the molecule is COc1ccc2nc(N(Cc3ccco3)C(=O)c3ccc4c(c3)CCCC4)sc2c1. The van der Waals surface area contributed by atoms with E-state index in [1.54, 1.807) is 18.3 Å². The maximum absolute atomic E-state index is 13.6. The van der Waals surface area contributed by atoms with Crippen LogP contribution in [0.4, 0.5) is 5.13 Å². The summed E-state index contributed by atoms with van der Waals surface area (Å²) in [6, 6.07) is 15.6. The Morgan fingerprint density at radius 1 is 1.13 bits per heavy atom. The van der Waals surface area contributed by atoms with Crippen molar-refractivity contribution in [3.8, 4) is 5.75 Å². The van der Waals surface area contributed by atoms with Crippen LogP contribution in [0.15, 0.2) is 59.2 Å². The van der Waals surface area contributed by atoms with Crippen molar-refractivity contribution < 1.29 is 13.9 Å². The van der Waals surface area contributed by atoms with Gasteiger partial charge in [-0.25, -0.2) is 4.98 Å². The van der Waals surface area contributed by atoms with Gasteiger partial charge in [0.05, 0.1) is 30.1 Å². The number of aryl methyl sites for hydroxylation is 2. The van der Waals surface area contributed by atoms with Crippen molar-refractivity contribution in [1.29, 1.82) is 0 Å². The van der Waals surface area contributed by atoms with Crippen molar-refractivity contribution in [2.75, 3.05) is 12.0 Å². The van der Waals surface area contributed by atoms with Crippen LogP contribution in [-0.4, -0.2) is 18.0 Å². The van der Waals surface area contributed by atoms with Gasteiger partial charge < -0.3 is 9.15 Å². The lowest BCUT2D eigenvalue weighted by Gasteiger charge is -2.21. The summed E-state index contributed by atoms with van der Waals surface area (Å²) in [4.78, 5) is 20.0. The molecule has 30 heavy (non-hydrogen) atoms. The lowest BCUT2D eigenvalue weighted by atomic mass is 9.90. The van der Waals surface area contributed by atoms with Crippen molar-refractivity contribution in [1.82, 2.24) is 4.98 Å². The molecule has 1 aliphatic carbocycles. The number of thiazole rings is 1. The number of hydrogen-bond acceptors (Lipinski definition) is 5. The maximum Gasteiger partial charge on any atom is 0.260 e. The number of furan rings is 1. The Bertz CT molecular complexity index is 1200. The molecule has 0 atom stereocenters. The molecule has 1 amide bonds. The van der Waals surface area contributed by atoms with E-state index in [2.05, 4.69) is 12.1 Å². The molecule has 0 spiro atoms. The fourth-order valence-electron chi connectivity index (χ4n) is 3.94. The van der Waals surface area contributed by atoms with Crippen molar-refractivity contribution in [3.63, 3.8) is 0 Å². The van der Waals surface area contributed by atoms with Crippen LogP contribution in [0.2, 0.25) is 0 Å². The Balaban J connectivity index is 1.54. The Kier molecular flexibility index (Phi) is 5.01. The van der Waals surface area contributed by atoms with Crippen LogP contribution in [0.25, 0.3) is 10.2 Å². The number of fused-ring (bicyclic) bond motifs is 2. The van der Waals surface area contributed by atoms with Gasteiger partial charge in [0.2, 0.25) is 0 Å². The van der Waals surface area contributed by atoms with E-state index in [0.717, 1.165) is 34.6 Å². The van der Waals surface area contributed by atoms with Crippen LogP contribution in [0.1, 0.15) is 40.1 Å². The summed E-state index contributed by atoms with van der Waals surface area (Å²) in [5, 5.41) is 0.650. The Morgan fingerprint density at radius 3 is 2.80 bits per heavy atom. The van der Waals surface area contributed by atoms with Gasteiger partial charge in [-0.05, 0) is 79.3 Å². The molecule has 5 nitrogen and oxygen atoms in total. The normalized spacial score (nSPS) is 13.2. The molecule has 1 aliphatic rings. The lowest BCUT2D eigenvalue weighted by Crippen LogP contribution is -2.30. The van der Waals surface area contributed by atoms with Crippen molar-refractivity contribution in [3.05, 3.63) is 77.2 Å². The minimum atomic E-state index is -0.0641. The first-order valence-electron chi connectivity index (χ1n) is 10.1. The average molecular weight is 419 g/mol. The molecule has 2 heterocycles. The second-order valence-electron chi connectivity index (χ2n) is 7.49. The summed E-state index contributed by atoms with van der Waals surface area (Å²) >= 11 is 1.48. The Morgan fingerprint density at radius 2 is 2.00 bits per heavy atom. The minimum Gasteiger partial charge on any atom is -0.497 e. The van der Waals surface area contributed by atoms with Crippen molar-refractivity contribution in [2.45, 2.75) is 32.2 Å². The topological polar surface area (TPSA) is 55.6 Å². The molecular weight excluding hydrogens is 396 g/mol. The minimum absolute atomic E-state index is 0.0641. The van der Waals surface area contributed by atoms with Crippen LogP contribution in [0.5, 0.6) is 5.75 Å². The number of hydrogen-bond donors (Lipinski definition) is 0. The van der Waals surface area contributed by atoms with Gasteiger partial charge >= 0.3 is 0 Å². The van der Waals surface area contributed by atoms with Gasteiger partial charge in [0.25, 0.3) is 5.91 Å². The number of carbonyl (C=O) groups is 1. The first-order chi connectivity index (χ1) is 14.7. The first kappa shape index (κ1) is 18.9. The van der Waals surface area contributed by atoms with E-state index >= 15 is 0 Å². The third kappa shape index (κ3) is 3.59. The highest BCUT2D eigenvalue weighted by Gasteiger charge is 2.24. The molecule has 0 bridgehead atoms. The molecule has 0 aliphatic heterocycles. The zero-order chi connectivity index (χ0) is 20.5. The van der Waals surface area contributed by atoms with E-state index in [0.29, 0.717) is 17.2 Å². The van der Waals surface area contributed by atoms with Gasteiger partial charge in [-0.1, -0.05) is 17.4 Å². The van der Waals surface area contributed by atoms with E-state index < -0.39 is 0 Å². The monoisotopic (exact) mass is 418 g/mol. The number of benzene rings is 2. The van der Waals surface area contributed by atoms with Gasteiger partial charge in [-0.15, -0.1) is 0 Å². The van der Waals surface area contributed by atoms with Gasteiger partial charge in [0, 0.05) is 5.56 Å². The molecule has 6 heteroatoms. The number of methoxy groups -OCH3 is 1. The molecule has 0 unspecified atom stereocenters. The fraction of sp³-hybridized carbons (Fsp3) is 0.250. The van der Waals surface area contributed by atoms with Crippen molar-refractivity contribution >= 4 is 32.6 Å². The second kappa shape index (κ2) is 7.95. The van der Waals surface area contributed by atoms with E-state index in [9.17, 15) is 4.79 Å². The number of amides is 1. The molecule has 2 aromatic heterocycles. The number of rotatable bonds is 5. The smallest absolute Gasteiger partial charge is 0.260 e. The van der Waals surface area contributed by atoms with Gasteiger partial charge in [-0.2, -0.15) is 0 Å². The summed E-state index contributed by atoms with van der Waals surface area (Å²) < 4.78 is 11.8. The lowest BCUT2D eigenvalue weighted by molar-refractivity contribution is 0.0983. The number of carbonyl (C=O) groups excluding carboxylic acids is 1. The molecule has 0 saturated carbocycles. The second-order valence-corrected chi connectivity index (χ2v) is 8.50. The largest absolute Gasteiger partial charge is 0.497 e. The van der Waals surface area contributed by atoms with Gasteiger partial charge in [0.15, 0.2) is 5.13 Å². The summed E-state index contributed by atoms with van der Waals surface area (Å²) in [5.74, 6) is 1.43. The number of aromatic nitrogens is 1. The summed E-state index contributed by atoms with van der Waals surface area (Å²) in [6.45, 7) is 0.333. The molecule has 5 rings (SSSR count). The van der Waals surface area contributed by atoms with Gasteiger partial charge in [0.1, 0.15) is 11.5 Å². The standard InChI is InChI=1S/C24H22N2O3S/c1-28-19-10-11-21-22(14-19)30-24(25-21)26(15-20-7-4-12-29-20)23(27)18-9-8-16-5-2-3-6-17(16)13-18/h4,7-14H,2-3,5-6,15H2,1H3. The average Bonchev–Trinajstić information content (AvgIpc) is 3.45. The maximum atomic E-state index is 13.6. The first-order valence-corrected chi connectivity index (χ1v) is 10.9. The zero-order valence-electron chi connectivity index (χ0n) is 16.8. The third-order valence-electron chi connectivity index (χ3n) is 5.55. The van der Waals surface area contributed by atoms with E-state index in [-0.39, 0.29) is 5.91 Å². The summed E-state index contributed by atoms with van der Waals surface area (Å²) in [6.07, 6.45) is 6.16. The molecule has 4 aromatic rings. The zero-order valence-corrected chi connectivity index (χ0v) is 17.6. The predicted octanol–water partition coefficient (Wildman–Crippen LogP) is 5.62. The fourth-order valence-corrected chi connectivity index (χ4v) is 4.93. The highest BCUT2D eigenvalue weighted by Crippen LogP contribution is 2.33. The molecule has 0 fully saturated rings. The molecule has 0 saturated heterocycles. The number of nitrogens with zero attached hydrogens (tertiary/aromatic N) is 2. The quantitative estimate of drug-likeness (QED) is 0.422. The van der Waals surface area contributed by atoms with Crippen molar-refractivity contribution in [2.24, 2.45) is 0 Å². The molecule has 152 valence electrons. The highest BCUT2D eigenvalue weighted by molar-refractivity contribution is 7.22. The van der Waals surface area contributed by atoms with Gasteiger partial charge in [-0.3, -0.25) is 9.69 Å². The number of ether oxygens (including phenoxy) is 1. The Hall–Kier alpha value is -3.12. The van der Waals surface area contributed by atoms with Crippen LogP contribution < -0.4 is 9.64 Å². The summed E-state index contributed by atoms with van der Waals surface area (Å²) in [7, 11) is 1.64. The van der Waals surface area contributed by atoms with E-state index in [1.165, 1.54) is 35.3 Å². The highest BCUT2D eigenvalue weighted by atomic mass is 32.1. The molecule has 2 aromatic carbocycles. The Labute approximate surface area is 178 Å². The van der Waals surface area contributed by atoms with Crippen LogP contribution >= 0.6 is 11.3 Å². The molecule has 0 N–H and O–H groups in total.